The number of benzene rings is 2. The Morgan fingerprint density at radius 1 is 0.958 bits per heavy atom. The SMILES string of the molecule is CC(C)N1CCCN(S(=O)(=O)c2cccc3c(Cl)cccc23)CC1. The Labute approximate surface area is 149 Å². The molecule has 0 radical (unpaired) electrons. The Kier molecular flexibility index (Phi) is 5.16. The van der Waals surface area contributed by atoms with Crippen molar-refractivity contribution in [2.75, 3.05) is 26.2 Å². The smallest absolute Gasteiger partial charge is 0.243 e. The number of nitrogens with zero attached hydrogens (tertiary/aromatic N) is 2. The first-order chi connectivity index (χ1) is 11.4. The van der Waals surface area contributed by atoms with Crippen molar-refractivity contribution in [2.45, 2.75) is 31.2 Å². The lowest BCUT2D eigenvalue weighted by Crippen LogP contribution is -2.37. The van der Waals surface area contributed by atoms with Gasteiger partial charge in [-0.15, -0.1) is 0 Å². The molecule has 0 aromatic heterocycles. The molecule has 1 aliphatic rings. The third-order valence-electron chi connectivity index (χ3n) is 4.67. The van der Waals surface area contributed by atoms with E-state index in [2.05, 4.69) is 18.7 Å². The molecule has 0 saturated carbocycles. The Morgan fingerprint density at radius 3 is 2.42 bits per heavy atom. The molecule has 2 aromatic carbocycles. The zero-order valence-electron chi connectivity index (χ0n) is 14.1. The summed E-state index contributed by atoms with van der Waals surface area (Å²) in [6.45, 7) is 7.08. The van der Waals surface area contributed by atoms with Crippen LogP contribution in [0.1, 0.15) is 20.3 Å². The molecule has 3 rings (SSSR count). The number of fused-ring (bicyclic) bond motifs is 1. The third-order valence-corrected chi connectivity index (χ3v) is 6.95. The number of sulfonamides is 1. The first-order valence-corrected chi connectivity index (χ1v) is 10.1. The summed E-state index contributed by atoms with van der Waals surface area (Å²) in [5, 5.41) is 2.04. The molecule has 0 unspecified atom stereocenters. The van der Waals surface area contributed by atoms with Crippen molar-refractivity contribution in [3.8, 4) is 0 Å². The summed E-state index contributed by atoms with van der Waals surface area (Å²) < 4.78 is 28.0. The summed E-state index contributed by atoms with van der Waals surface area (Å²) in [5.41, 5.74) is 0. The molecule has 0 N–H and O–H groups in total. The number of hydrogen-bond donors (Lipinski definition) is 0. The van der Waals surface area contributed by atoms with E-state index in [-0.39, 0.29) is 0 Å². The molecule has 0 aliphatic carbocycles. The molecule has 1 saturated heterocycles. The average molecular weight is 367 g/mol. The van der Waals surface area contributed by atoms with Crippen molar-refractivity contribution in [1.82, 2.24) is 9.21 Å². The summed E-state index contributed by atoms with van der Waals surface area (Å²) in [6, 6.07) is 11.1. The molecular formula is C18H23ClN2O2S. The first kappa shape index (κ1) is 17.7. The highest BCUT2D eigenvalue weighted by Gasteiger charge is 2.28. The summed E-state index contributed by atoms with van der Waals surface area (Å²) in [4.78, 5) is 2.68. The normalized spacial score (nSPS) is 18.2. The maximum absolute atomic E-state index is 13.2. The molecule has 0 spiro atoms. The first-order valence-electron chi connectivity index (χ1n) is 8.32. The Hall–Kier alpha value is -1.14. The third kappa shape index (κ3) is 3.31. The van der Waals surface area contributed by atoms with E-state index in [0.717, 1.165) is 24.9 Å². The molecule has 0 amide bonds. The second-order valence-electron chi connectivity index (χ2n) is 6.48. The molecule has 0 bridgehead atoms. The molecule has 1 aliphatic heterocycles. The van der Waals surface area contributed by atoms with Gasteiger partial charge in [0.15, 0.2) is 0 Å². The van der Waals surface area contributed by atoms with Crippen LogP contribution in [-0.4, -0.2) is 49.8 Å². The number of rotatable bonds is 3. The van der Waals surface area contributed by atoms with Gasteiger partial charge in [0.1, 0.15) is 0 Å². The van der Waals surface area contributed by atoms with Gasteiger partial charge in [0.05, 0.1) is 4.90 Å². The van der Waals surface area contributed by atoms with Crippen molar-refractivity contribution >= 4 is 32.4 Å². The molecule has 24 heavy (non-hydrogen) atoms. The highest BCUT2D eigenvalue weighted by molar-refractivity contribution is 7.89. The van der Waals surface area contributed by atoms with Gasteiger partial charge in [0.2, 0.25) is 10.0 Å². The highest BCUT2D eigenvalue weighted by atomic mass is 35.5. The van der Waals surface area contributed by atoms with E-state index in [9.17, 15) is 8.42 Å². The van der Waals surface area contributed by atoms with E-state index in [1.165, 1.54) is 0 Å². The Morgan fingerprint density at radius 2 is 1.67 bits per heavy atom. The fraction of sp³-hybridized carbons (Fsp3) is 0.444. The van der Waals surface area contributed by atoms with Crippen molar-refractivity contribution in [3.05, 3.63) is 41.4 Å². The molecule has 0 atom stereocenters. The summed E-state index contributed by atoms with van der Waals surface area (Å²) >= 11 is 6.23. The largest absolute Gasteiger partial charge is 0.300 e. The van der Waals surface area contributed by atoms with Crippen LogP contribution in [0.25, 0.3) is 10.8 Å². The van der Waals surface area contributed by atoms with Crippen LogP contribution < -0.4 is 0 Å². The standard InChI is InChI=1S/C18H23ClN2O2S/c1-14(2)20-10-5-11-21(13-12-20)24(22,23)18-9-4-6-15-16(18)7-3-8-17(15)19/h3-4,6-9,14H,5,10-13H2,1-2H3. The zero-order valence-corrected chi connectivity index (χ0v) is 15.6. The molecule has 130 valence electrons. The molecular weight excluding hydrogens is 344 g/mol. The van der Waals surface area contributed by atoms with Gasteiger partial charge >= 0.3 is 0 Å². The molecule has 1 heterocycles. The lowest BCUT2D eigenvalue weighted by Gasteiger charge is -2.25. The van der Waals surface area contributed by atoms with Gasteiger partial charge in [-0.1, -0.05) is 35.9 Å². The van der Waals surface area contributed by atoms with Gasteiger partial charge in [-0.05, 0) is 38.9 Å². The van der Waals surface area contributed by atoms with Crippen LogP contribution in [-0.2, 0) is 10.0 Å². The van der Waals surface area contributed by atoms with E-state index in [0.29, 0.717) is 34.4 Å². The quantitative estimate of drug-likeness (QED) is 0.833. The van der Waals surface area contributed by atoms with Crippen molar-refractivity contribution < 1.29 is 8.42 Å². The van der Waals surface area contributed by atoms with Crippen LogP contribution >= 0.6 is 11.6 Å². The van der Waals surface area contributed by atoms with Gasteiger partial charge < -0.3 is 0 Å². The van der Waals surface area contributed by atoms with E-state index >= 15 is 0 Å². The average Bonchev–Trinajstić information content (AvgIpc) is 2.81. The minimum absolute atomic E-state index is 0.348. The maximum atomic E-state index is 13.2. The van der Waals surface area contributed by atoms with Crippen LogP contribution in [0.15, 0.2) is 41.3 Å². The second kappa shape index (κ2) is 7.00. The summed E-state index contributed by atoms with van der Waals surface area (Å²) in [5.74, 6) is 0. The predicted molar refractivity (Wildman–Crippen MR) is 99.0 cm³/mol. The number of hydrogen-bond acceptors (Lipinski definition) is 3. The monoisotopic (exact) mass is 366 g/mol. The van der Waals surface area contributed by atoms with Crippen LogP contribution in [0.5, 0.6) is 0 Å². The maximum Gasteiger partial charge on any atom is 0.243 e. The van der Waals surface area contributed by atoms with Crippen LogP contribution in [0, 0.1) is 0 Å². The van der Waals surface area contributed by atoms with E-state index in [1.807, 2.05) is 12.1 Å². The summed E-state index contributed by atoms with van der Waals surface area (Å²) in [6.07, 6.45) is 0.850. The predicted octanol–water partition coefficient (Wildman–Crippen LogP) is 3.60. The van der Waals surface area contributed by atoms with E-state index in [4.69, 9.17) is 11.6 Å². The zero-order chi connectivity index (χ0) is 17.3. The van der Waals surface area contributed by atoms with Gasteiger partial charge in [-0.25, -0.2) is 8.42 Å². The van der Waals surface area contributed by atoms with Gasteiger partial charge in [0, 0.05) is 41.5 Å². The fourth-order valence-corrected chi connectivity index (χ4v) is 5.19. The van der Waals surface area contributed by atoms with Gasteiger partial charge in [0.25, 0.3) is 0 Å². The molecule has 1 fully saturated rings. The van der Waals surface area contributed by atoms with Crippen molar-refractivity contribution in [2.24, 2.45) is 0 Å². The lowest BCUT2D eigenvalue weighted by atomic mass is 10.1. The second-order valence-corrected chi connectivity index (χ2v) is 8.79. The van der Waals surface area contributed by atoms with Crippen molar-refractivity contribution in [3.63, 3.8) is 0 Å². The van der Waals surface area contributed by atoms with Gasteiger partial charge in [-0.3, -0.25) is 4.90 Å². The fourth-order valence-electron chi connectivity index (χ4n) is 3.28. The molecule has 4 nitrogen and oxygen atoms in total. The summed E-state index contributed by atoms with van der Waals surface area (Å²) in [7, 11) is -3.53. The van der Waals surface area contributed by atoms with Crippen LogP contribution in [0.3, 0.4) is 0 Å². The Balaban J connectivity index is 1.98. The molecule has 6 heteroatoms. The van der Waals surface area contributed by atoms with Gasteiger partial charge in [-0.2, -0.15) is 4.31 Å². The van der Waals surface area contributed by atoms with Crippen LogP contribution in [0.2, 0.25) is 5.02 Å². The van der Waals surface area contributed by atoms with Crippen molar-refractivity contribution in [1.29, 1.82) is 0 Å². The van der Waals surface area contributed by atoms with E-state index in [1.54, 1.807) is 28.6 Å². The topological polar surface area (TPSA) is 40.6 Å². The minimum Gasteiger partial charge on any atom is -0.300 e. The lowest BCUT2D eigenvalue weighted by molar-refractivity contribution is 0.233. The highest BCUT2D eigenvalue weighted by Crippen LogP contribution is 2.30. The Bertz CT molecular complexity index is 836. The van der Waals surface area contributed by atoms with E-state index < -0.39 is 10.0 Å². The molecule has 2 aromatic rings. The minimum atomic E-state index is -3.53. The number of halogens is 1. The van der Waals surface area contributed by atoms with Crippen LogP contribution in [0.4, 0.5) is 0 Å².